The highest BCUT2D eigenvalue weighted by atomic mass is 79.9. The van der Waals surface area contributed by atoms with Gasteiger partial charge in [-0.2, -0.15) is 4.98 Å². The number of methoxy groups -OCH3 is 1. The first-order chi connectivity index (χ1) is 8.58. The maximum Gasteiger partial charge on any atom is 0.231 e. The Morgan fingerprint density at radius 1 is 1.17 bits per heavy atom. The minimum atomic E-state index is 0.300. The van der Waals surface area contributed by atoms with Gasteiger partial charge in [-0.3, -0.25) is 0 Å². The topological polar surface area (TPSA) is 113 Å². The third kappa shape index (κ3) is 2.99. The third-order valence-corrected chi connectivity index (χ3v) is 3.10. The van der Waals surface area contributed by atoms with Gasteiger partial charge in [0.25, 0.3) is 0 Å². The van der Waals surface area contributed by atoms with Crippen LogP contribution in [0.25, 0.3) is 0 Å². The molecule has 0 bridgehead atoms. The van der Waals surface area contributed by atoms with Crippen LogP contribution in [0.15, 0.2) is 27.0 Å². The molecular weight excluding hydrogens is 320 g/mol. The number of hydrogen-bond donors (Lipinski definition) is 2. The summed E-state index contributed by atoms with van der Waals surface area (Å²) in [5.74, 6) is 1.03. The number of nitrogens with zero attached hydrogens (tertiary/aromatic N) is 4. The lowest BCUT2D eigenvalue weighted by Gasteiger charge is -2.04. The fourth-order valence-electron chi connectivity index (χ4n) is 1.12. The minimum Gasteiger partial charge on any atom is -0.480 e. The molecule has 0 aliphatic heterocycles. The van der Waals surface area contributed by atoms with E-state index in [0.29, 0.717) is 32.3 Å². The molecule has 0 saturated carbocycles. The van der Waals surface area contributed by atoms with Crippen LogP contribution in [0.2, 0.25) is 0 Å². The summed E-state index contributed by atoms with van der Waals surface area (Å²) >= 11 is 4.42. The van der Waals surface area contributed by atoms with Gasteiger partial charge in [0.1, 0.15) is 11.6 Å². The predicted molar refractivity (Wildman–Crippen MR) is 71.3 cm³/mol. The van der Waals surface area contributed by atoms with Gasteiger partial charge in [0.2, 0.25) is 5.88 Å². The van der Waals surface area contributed by atoms with Gasteiger partial charge in [-0.25, -0.2) is 15.0 Å². The number of nitrogens with two attached hydrogens (primary N) is 2. The van der Waals surface area contributed by atoms with Gasteiger partial charge >= 0.3 is 0 Å². The van der Waals surface area contributed by atoms with Gasteiger partial charge in [-0.15, -0.1) is 0 Å². The first-order valence-corrected chi connectivity index (χ1v) is 6.34. The van der Waals surface area contributed by atoms with Crippen molar-refractivity contribution in [2.24, 2.45) is 0 Å². The molecular formula is C9H9BrN6OS. The summed E-state index contributed by atoms with van der Waals surface area (Å²) in [5, 5.41) is 0.830. The molecule has 0 aromatic carbocycles. The van der Waals surface area contributed by atoms with Crippen LogP contribution in [0, 0.1) is 0 Å². The van der Waals surface area contributed by atoms with E-state index >= 15 is 0 Å². The van der Waals surface area contributed by atoms with Gasteiger partial charge < -0.3 is 16.2 Å². The summed E-state index contributed by atoms with van der Waals surface area (Å²) in [6.07, 6.45) is 1.59. The Morgan fingerprint density at radius 2 is 1.83 bits per heavy atom. The zero-order chi connectivity index (χ0) is 13.1. The van der Waals surface area contributed by atoms with Crippen LogP contribution in [-0.2, 0) is 0 Å². The van der Waals surface area contributed by atoms with Crippen LogP contribution in [0.1, 0.15) is 0 Å². The largest absolute Gasteiger partial charge is 0.480 e. The minimum absolute atomic E-state index is 0.300. The average Bonchev–Trinajstić information content (AvgIpc) is 2.30. The quantitative estimate of drug-likeness (QED) is 0.812. The summed E-state index contributed by atoms with van der Waals surface area (Å²) in [4.78, 5) is 16.3. The molecule has 9 heteroatoms. The smallest absolute Gasteiger partial charge is 0.231 e. The second kappa shape index (κ2) is 5.36. The van der Waals surface area contributed by atoms with Crippen LogP contribution in [0.4, 0.5) is 11.6 Å². The van der Waals surface area contributed by atoms with Gasteiger partial charge in [0, 0.05) is 12.3 Å². The molecule has 0 saturated heterocycles. The van der Waals surface area contributed by atoms with Crippen molar-refractivity contribution < 1.29 is 4.74 Å². The van der Waals surface area contributed by atoms with E-state index in [1.807, 2.05) is 0 Å². The van der Waals surface area contributed by atoms with Crippen LogP contribution >= 0.6 is 27.7 Å². The second-order valence-corrected chi connectivity index (χ2v) is 4.90. The number of hydrogen-bond acceptors (Lipinski definition) is 8. The van der Waals surface area contributed by atoms with Gasteiger partial charge in [-0.1, -0.05) is 0 Å². The normalized spacial score (nSPS) is 10.3. The lowest BCUT2D eigenvalue weighted by Crippen LogP contribution is -2.00. The molecule has 0 amide bonds. The lowest BCUT2D eigenvalue weighted by molar-refractivity contribution is 0.389. The molecule has 0 fully saturated rings. The fraction of sp³-hybridized carbons (Fsp3) is 0.111. The van der Waals surface area contributed by atoms with E-state index in [9.17, 15) is 0 Å². The van der Waals surface area contributed by atoms with Crippen molar-refractivity contribution in [1.29, 1.82) is 0 Å². The van der Waals surface area contributed by atoms with Crippen molar-refractivity contribution >= 4 is 39.3 Å². The van der Waals surface area contributed by atoms with Crippen molar-refractivity contribution in [1.82, 2.24) is 19.9 Å². The molecule has 2 heterocycles. The molecule has 2 rings (SSSR count). The molecule has 0 aliphatic rings. The molecule has 0 atom stereocenters. The van der Waals surface area contributed by atoms with E-state index in [2.05, 4.69) is 35.9 Å². The zero-order valence-corrected chi connectivity index (χ0v) is 11.7. The van der Waals surface area contributed by atoms with Crippen LogP contribution in [0.3, 0.4) is 0 Å². The van der Waals surface area contributed by atoms with Crippen molar-refractivity contribution in [2.45, 2.75) is 10.3 Å². The number of ether oxygens (including phenoxy) is 1. The van der Waals surface area contributed by atoms with Gasteiger partial charge in [0.15, 0.2) is 10.3 Å². The number of anilines is 2. The summed E-state index contributed by atoms with van der Waals surface area (Å²) in [6.45, 7) is 0. The highest BCUT2D eigenvalue weighted by molar-refractivity contribution is 9.10. The summed E-state index contributed by atoms with van der Waals surface area (Å²) < 4.78 is 5.74. The molecule has 0 spiro atoms. The summed E-state index contributed by atoms with van der Waals surface area (Å²) in [5.41, 5.74) is 11.2. The monoisotopic (exact) mass is 328 g/mol. The molecule has 2 aromatic heterocycles. The molecule has 0 unspecified atom stereocenters. The summed E-state index contributed by atoms with van der Waals surface area (Å²) in [7, 11) is 1.52. The Bertz CT molecular complexity index is 561. The Morgan fingerprint density at radius 3 is 2.44 bits per heavy atom. The van der Waals surface area contributed by atoms with Crippen LogP contribution in [-0.4, -0.2) is 27.0 Å². The van der Waals surface area contributed by atoms with E-state index in [4.69, 9.17) is 16.2 Å². The molecule has 2 aromatic rings. The highest BCUT2D eigenvalue weighted by Gasteiger charge is 2.09. The van der Waals surface area contributed by atoms with E-state index in [1.165, 1.54) is 13.2 Å². The van der Waals surface area contributed by atoms with E-state index in [-0.39, 0.29) is 0 Å². The second-order valence-electron chi connectivity index (χ2n) is 3.11. The Kier molecular flexibility index (Phi) is 3.82. The average molecular weight is 329 g/mol. The number of aromatic nitrogens is 4. The maximum absolute atomic E-state index is 5.58. The van der Waals surface area contributed by atoms with E-state index < -0.39 is 0 Å². The van der Waals surface area contributed by atoms with Crippen LogP contribution < -0.4 is 16.2 Å². The van der Waals surface area contributed by atoms with E-state index in [0.717, 1.165) is 11.8 Å². The number of halogens is 1. The maximum atomic E-state index is 5.58. The third-order valence-electron chi connectivity index (χ3n) is 1.81. The van der Waals surface area contributed by atoms with Gasteiger partial charge in [-0.05, 0) is 27.7 Å². The first kappa shape index (κ1) is 12.8. The van der Waals surface area contributed by atoms with Crippen LogP contribution in [0.5, 0.6) is 5.88 Å². The molecule has 7 nitrogen and oxygen atoms in total. The molecule has 94 valence electrons. The number of nitrogen functional groups attached to an aromatic ring is 2. The Hall–Kier alpha value is -1.61. The standard InChI is InChI=1S/C9H9BrN6OS/c1-17-7-4(10)3-13-8(16-7)18-9-14-5(11)2-6(12)15-9/h2-3H,1H3,(H4,11,12,14,15). The van der Waals surface area contributed by atoms with Crippen molar-refractivity contribution in [3.05, 3.63) is 16.7 Å². The summed E-state index contributed by atoms with van der Waals surface area (Å²) in [6, 6.07) is 1.48. The zero-order valence-electron chi connectivity index (χ0n) is 9.29. The predicted octanol–water partition coefficient (Wildman–Crippen LogP) is 1.35. The lowest BCUT2D eigenvalue weighted by atomic mass is 10.5. The molecule has 4 N–H and O–H groups in total. The van der Waals surface area contributed by atoms with Gasteiger partial charge in [0.05, 0.1) is 11.6 Å². The highest BCUT2D eigenvalue weighted by Crippen LogP contribution is 2.27. The SMILES string of the molecule is COc1nc(Sc2nc(N)cc(N)n2)ncc1Br. The fourth-order valence-corrected chi connectivity index (χ4v) is 2.17. The van der Waals surface area contributed by atoms with Crippen molar-refractivity contribution in [2.75, 3.05) is 18.6 Å². The van der Waals surface area contributed by atoms with Crippen molar-refractivity contribution in [3.63, 3.8) is 0 Å². The molecule has 0 aliphatic carbocycles. The van der Waals surface area contributed by atoms with Crippen molar-refractivity contribution in [3.8, 4) is 5.88 Å². The molecule has 18 heavy (non-hydrogen) atoms. The Balaban J connectivity index is 2.28. The van der Waals surface area contributed by atoms with E-state index in [1.54, 1.807) is 6.20 Å². The Labute approximate surface area is 116 Å². The first-order valence-electron chi connectivity index (χ1n) is 4.73. The molecule has 0 radical (unpaired) electrons. The number of rotatable bonds is 3.